The molecular weight excluding hydrogens is 280 g/mol. The van der Waals surface area contributed by atoms with Gasteiger partial charge in [0.15, 0.2) is 10.8 Å². The molecule has 2 aromatic heterocycles. The number of anilines is 1. The van der Waals surface area contributed by atoms with E-state index in [1.165, 1.54) is 28.2 Å². The van der Waals surface area contributed by atoms with Crippen LogP contribution in [0.25, 0.3) is 0 Å². The number of carbonyl (C=O) groups excluding carboxylic acids is 1. The lowest BCUT2D eigenvalue weighted by Crippen LogP contribution is -2.04. The van der Waals surface area contributed by atoms with Gasteiger partial charge in [0, 0.05) is 14.6 Å². The molecule has 0 aliphatic rings. The SMILES string of the molecule is CCc1ccc(CNc2nc(C(=O)OC)c(C)s2)s1. The van der Waals surface area contributed by atoms with Gasteiger partial charge < -0.3 is 10.1 Å². The second kappa shape index (κ2) is 6.16. The zero-order valence-corrected chi connectivity index (χ0v) is 12.8. The van der Waals surface area contributed by atoms with Crippen molar-refractivity contribution in [3.05, 3.63) is 32.5 Å². The van der Waals surface area contributed by atoms with Crippen LogP contribution in [0.3, 0.4) is 0 Å². The Hall–Kier alpha value is -1.40. The normalized spacial score (nSPS) is 10.5. The number of aryl methyl sites for hydroxylation is 2. The molecule has 0 bridgehead atoms. The van der Waals surface area contributed by atoms with Crippen LogP contribution in [0.15, 0.2) is 12.1 Å². The minimum Gasteiger partial charge on any atom is -0.464 e. The van der Waals surface area contributed by atoms with Gasteiger partial charge in [-0.1, -0.05) is 6.92 Å². The Morgan fingerprint density at radius 1 is 1.37 bits per heavy atom. The van der Waals surface area contributed by atoms with E-state index in [-0.39, 0.29) is 5.97 Å². The van der Waals surface area contributed by atoms with Crippen LogP contribution >= 0.6 is 22.7 Å². The number of methoxy groups -OCH3 is 1. The average molecular weight is 296 g/mol. The molecule has 0 saturated carbocycles. The number of nitrogens with one attached hydrogen (secondary N) is 1. The van der Waals surface area contributed by atoms with Gasteiger partial charge in [0.25, 0.3) is 0 Å². The summed E-state index contributed by atoms with van der Waals surface area (Å²) in [5.74, 6) is -0.383. The topological polar surface area (TPSA) is 51.2 Å². The van der Waals surface area contributed by atoms with Gasteiger partial charge in [0.1, 0.15) is 0 Å². The standard InChI is InChI=1S/C13H16N2O2S2/c1-4-9-5-6-10(19-9)7-14-13-15-11(8(2)18-13)12(16)17-3/h5-6H,4,7H2,1-3H3,(H,14,15). The fraction of sp³-hybridized carbons (Fsp3) is 0.385. The minimum absolute atomic E-state index is 0.383. The van der Waals surface area contributed by atoms with E-state index in [1.807, 2.05) is 6.92 Å². The Labute approximate surface area is 120 Å². The van der Waals surface area contributed by atoms with Gasteiger partial charge in [0.05, 0.1) is 13.7 Å². The van der Waals surface area contributed by atoms with Crippen molar-refractivity contribution in [2.75, 3.05) is 12.4 Å². The van der Waals surface area contributed by atoms with Crippen LogP contribution in [0, 0.1) is 6.92 Å². The summed E-state index contributed by atoms with van der Waals surface area (Å²) in [6.07, 6.45) is 1.06. The molecule has 0 radical (unpaired) electrons. The van der Waals surface area contributed by atoms with E-state index in [0.29, 0.717) is 5.69 Å². The Morgan fingerprint density at radius 3 is 2.74 bits per heavy atom. The Kier molecular flexibility index (Phi) is 4.55. The number of rotatable bonds is 5. The van der Waals surface area contributed by atoms with Gasteiger partial charge in [-0.25, -0.2) is 9.78 Å². The highest BCUT2D eigenvalue weighted by Crippen LogP contribution is 2.24. The van der Waals surface area contributed by atoms with Crippen molar-refractivity contribution in [1.82, 2.24) is 4.98 Å². The van der Waals surface area contributed by atoms with Crippen molar-refractivity contribution in [3.63, 3.8) is 0 Å². The zero-order chi connectivity index (χ0) is 13.8. The smallest absolute Gasteiger partial charge is 0.357 e. The van der Waals surface area contributed by atoms with Crippen molar-refractivity contribution in [3.8, 4) is 0 Å². The third kappa shape index (κ3) is 3.33. The van der Waals surface area contributed by atoms with E-state index in [2.05, 4.69) is 29.4 Å². The third-order valence-corrected chi connectivity index (χ3v) is 4.81. The second-order valence-corrected chi connectivity index (χ2v) is 6.45. The monoisotopic (exact) mass is 296 g/mol. The number of hydrogen-bond acceptors (Lipinski definition) is 6. The summed E-state index contributed by atoms with van der Waals surface area (Å²) < 4.78 is 4.69. The molecule has 0 unspecified atom stereocenters. The lowest BCUT2D eigenvalue weighted by Gasteiger charge is -1.99. The summed E-state index contributed by atoms with van der Waals surface area (Å²) in [7, 11) is 1.37. The van der Waals surface area contributed by atoms with E-state index >= 15 is 0 Å². The number of carbonyl (C=O) groups is 1. The Morgan fingerprint density at radius 2 is 2.11 bits per heavy atom. The Balaban J connectivity index is 2.01. The first-order valence-electron chi connectivity index (χ1n) is 6.01. The fourth-order valence-corrected chi connectivity index (χ4v) is 3.32. The molecule has 0 spiro atoms. The molecule has 0 saturated heterocycles. The van der Waals surface area contributed by atoms with Gasteiger partial charge in [-0.2, -0.15) is 0 Å². The molecule has 0 fully saturated rings. The highest BCUT2D eigenvalue weighted by molar-refractivity contribution is 7.15. The summed E-state index contributed by atoms with van der Waals surface area (Å²) in [5.41, 5.74) is 0.399. The largest absolute Gasteiger partial charge is 0.464 e. The van der Waals surface area contributed by atoms with Crippen molar-refractivity contribution in [1.29, 1.82) is 0 Å². The van der Waals surface area contributed by atoms with E-state index in [4.69, 9.17) is 4.74 Å². The van der Waals surface area contributed by atoms with Crippen LogP contribution in [0.5, 0.6) is 0 Å². The molecule has 0 aliphatic carbocycles. The van der Waals surface area contributed by atoms with Crippen LogP contribution < -0.4 is 5.32 Å². The minimum atomic E-state index is -0.383. The fourth-order valence-electron chi connectivity index (χ4n) is 1.63. The van der Waals surface area contributed by atoms with E-state index < -0.39 is 0 Å². The van der Waals surface area contributed by atoms with Crippen LogP contribution in [-0.4, -0.2) is 18.1 Å². The maximum Gasteiger partial charge on any atom is 0.357 e. The number of thiophene rings is 1. The first-order valence-corrected chi connectivity index (χ1v) is 7.64. The lowest BCUT2D eigenvalue weighted by atomic mass is 10.4. The van der Waals surface area contributed by atoms with Crippen molar-refractivity contribution in [2.45, 2.75) is 26.8 Å². The zero-order valence-electron chi connectivity index (χ0n) is 11.1. The number of hydrogen-bond donors (Lipinski definition) is 1. The molecule has 1 N–H and O–H groups in total. The molecule has 102 valence electrons. The molecule has 2 aromatic rings. The van der Waals surface area contributed by atoms with Gasteiger partial charge in [-0.05, 0) is 25.5 Å². The molecule has 6 heteroatoms. The molecule has 0 aliphatic heterocycles. The van der Waals surface area contributed by atoms with Crippen molar-refractivity contribution < 1.29 is 9.53 Å². The van der Waals surface area contributed by atoms with Gasteiger partial charge in [0.2, 0.25) is 0 Å². The van der Waals surface area contributed by atoms with Gasteiger partial charge >= 0.3 is 5.97 Å². The molecule has 2 rings (SSSR count). The maximum atomic E-state index is 11.5. The molecule has 0 atom stereocenters. The van der Waals surface area contributed by atoms with E-state index in [0.717, 1.165) is 23.0 Å². The maximum absolute atomic E-state index is 11.5. The number of ether oxygens (including phenoxy) is 1. The lowest BCUT2D eigenvalue weighted by molar-refractivity contribution is 0.0594. The highest BCUT2D eigenvalue weighted by atomic mass is 32.1. The molecule has 19 heavy (non-hydrogen) atoms. The summed E-state index contributed by atoms with van der Waals surface area (Å²) in [6, 6.07) is 4.27. The van der Waals surface area contributed by atoms with Crippen molar-refractivity contribution >= 4 is 33.8 Å². The first-order chi connectivity index (χ1) is 9.13. The second-order valence-electron chi connectivity index (χ2n) is 3.99. The van der Waals surface area contributed by atoms with Crippen molar-refractivity contribution in [2.24, 2.45) is 0 Å². The van der Waals surface area contributed by atoms with Gasteiger partial charge in [-0.3, -0.25) is 0 Å². The summed E-state index contributed by atoms with van der Waals surface area (Å²) in [4.78, 5) is 19.2. The predicted molar refractivity (Wildman–Crippen MR) is 79.2 cm³/mol. The summed E-state index contributed by atoms with van der Waals surface area (Å²) in [6.45, 7) is 4.75. The first kappa shape index (κ1) is 14.0. The number of nitrogens with zero attached hydrogens (tertiary/aromatic N) is 1. The summed E-state index contributed by atoms with van der Waals surface area (Å²) in [5, 5.41) is 4.00. The van der Waals surface area contributed by atoms with Crippen LogP contribution in [-0.2, 0) is 17.7 Å². The molecular formula is C13H16N2O2S2. The van der Waals surface area contributed by atoms with Crippen LogP contribution in [0.2, 0.25) is 0 Å². The Bertz CT molecular complexity index is 575. The number of thiazole rings is 1. The molecule has 0 amide bonds. The van der Waals surface area contributed by atoms with Crippen LogP contribution in [0.4, 0.5) is 5.13 Å². The van der Waals surface area contributed by atoms with Gasteiger partial charge in [-0.15, -0.1) is 22.7 Å². The predicted octanol–water partition coefficient (Wildman–Crippen LogP) is 3.47. The van der Waals surface area contributed by atoms with E-state index in [1.54, 1.807) is 11.3 Å². The summed E-state index contributed by atoms with van der Waals surface area (Å²) >= 11 is 3.27. The molecule has 4 nitrogen and oxygen atoms in total. The van der Waals surface area contributed by atoms with Crippen LogP contribution in [0.1, 0.15) is 32.0 Å². The molecule has 2 heterocycles. The molecule has 0 aromatic carbocycles. The third-order valence-electron chi connectivity index (χ3n) is 2.65. The number of aromatic nitrogens is 1. The highest BCUT2D eigenvalue weighted by Gasteiger charge is 2.15. The number of esters is 1. The quantitative estimate of drug-likeness (QED) is 0.858. The average Bonchev–Trinajstić information content (AvgIpc) is 3.01. The van der Waals surface area contributed by atoms with E-state index in [9.17, 15) is 4.79 Å².